The van der Waals surface area contributed by atoms with Crippen molar-refractivity contribution in [2.45, 2.75) is 111 Å². The number of aromatic nitrogens is 6. The first kappa shape index (κ1) is 70.9. The maximum Gasteiger partial charge on any atom is 0.264 e. The smallest absolute Gasteiger partial charge is 0.264 e. The van der Waals surface area contributed by atoms with E-state index in [1.165, 1.54) is 35.7 Å². The Morgan fingerprint density at radius 1 is 0.625 bits per heavy atom. The third-order valence-corrected chi connectivity index (χ3v) is 15.3. The molecule has 0 radical (unpaired) electrons. The monoisotopic (exact) mass is 1240 g/mol. The molecular weight excluding hydrogens is 1150 g/mol. The van der Waals surface area contributed by atoms with Gasteiger partial charge in [-0.1, -0.05) is 78.9 Å². The molecule has 0 spiro atoms. The van der Waals surface area contributed by atoms with Gasteiger partial charge in [0, 0.05) is 86.3 Å². The molecule has 482 valence electrons. The Morgan fingerprint density at radius 2 is 1.10 bits per heavy atom. The van der Waals surface area contributed by atoms with Crippen LogP contribution in [0.5, 0.6) is 0 Å². The molecule has 3 aromatic heterocycles. The van der Waals surface area contributed by atoms with E-state index in [1.807, 2.05) is 96.2 Å². The van der Waals surface area contributed by atoms with E-state index in [-0.39, 0.29) is 48.3 Å². The van der Waals surface area contributed by atoms with Crippen LogP contribution in [0.3, 0.4) is 0 Å². The Hall–Kier alpha value is -6.23. The Balaban J connectivity index is 0.000000173. The first-order chi connectivity index (χ1) is 42.1. The molecule has 2 aromatic carbocycles. The highest BCUT2D eigenvalue weighted by atomic mass is 32.2. The average molecular weight is 1240 g/mol. The van der Waals surface area contributed by atoms with E-state index < -0.39 is 27.5 Å². The van der Waals surface area contributed by atoms with Gasteiger partial charge in [-0.15, -0.1) is 0 Å². The maximum absolute atomic E-state index is 11.7. The highest BCUT2D eigenvalue weighted by Gasteiger charge is 2.31. The van der Waals surface area contributed by atoms with E-state index in [1.54, 1.807) is 0 Å². The van der Waals surface area contributed by atoms with Gasteiger partial charge in [0.15, 0.2) is 17.4 Å². The van der Waals surface area contributed by atoms with E-state index >= 15 is 0 Å². The van der Waals surface area contributed by atoms with Crippen LogP contribution in [-0.4, -0.2) is 151 Å². The van der Waals surface area contributed by atoms with Crippen LogP contribution in [0.2, 0.25) is 0 Å². The quantitative estimate of drug-likeness (QED) is 0.0523. The fraction of sp³-hybridized carbons (Fsp3) is 0.531. The van der Waals surface area contributed by atoms with Gasteiger partial charge in [-0.2, -0.15) is 8.42 Å². The summed E-state index contributed by atoms with van der Waals surface area (Å²) in [7, 11) is -3.36. The third kappa shape index (κ3) is 24.6. The first-order valence-electron chi connectivity index (χ1n) is 29.9. The van der Waals surface area contributed by atoms with Crippen LogP contribution in [0, 0.1) is 23.7 Å². The van der Waals surface area contributed by atoms with Gasteiger partial charge in [0.25, 0.3) is 26.8 Å². The second kappa shape index (κ2) is 35.2. The number of rotatable bonds is 18. The van der Waals surface area contributed by atoms with Gasteiger partial charge in [-0.25, -0.2) is 15.0 Å². The Labute approximate surface area is 516 Å². The van der Waals surface area contributed by atoms with Crippen molar-refractivity contribution in [3.05, 3.63) is 174 Å². The molecule has 5 aromatic rings. The molecule has 0 atom stereocenters. The predicted octanol–water partition coefficient (Wildman–Crippen LogP) is 5.20. The number of nitrogens with zero attached hydrogens (tertiary/aromatic N) is 3. The SMILES string of the molecule is CC1(C)OCC(CCCC2=CCc3c2nc[nH]c3=O)CO1.CC1(C)OCC(CNCc2ccccc2)CO1.CC1(C)OCC(COS(C)(=O)=O)CO1.NCc1ccccc1.O=c1[nH]cnc2c1CC=C2.O=c1[nH]cnc2c1CC=C2CNCC(CO)CO. The number of ether oxygens (including phenoxy) is 6. The number of allylic oxidation sites excluding steroid dienone is 4. The van der Waals surface area contributed by atoms with Gasteiger partial charge in [0.05, 0.1) is 88.6 Å². The highest BCUT2D eigenvalue weighted by molar-refractivity contribution is 7.85. The normalized spacial score (nSPS) is 17.9. The molecule has 3 fully saturated rings. The zero-order chi connectivity index (χ0) is 63.6. The van der Waals surface area contributed by atoms with Gasteiger partial charge < -0.3 is 70.0 Å². The molecule has 24 heteroatoms. The molecular formula is C64H91N9O14S. The van der Waals surface area contributed by atoms with Crippen LogP contribution in [0.1, 0.15) is 106 Å². The number of hydrogen-bond donors (Lipinski definition) is 8. The standard InChI is InChI=1S/C16H22N2O3.C14H21NO2.C12H17N3O3.C8H16O5S.C7H6N2O.C7H9N/c1-16(2)20-8-11(9-21-16)4-3-5-12-6-7-13-14(12)17-10-18-15(13)19;1-14(2)16-10-13(11-17-14)9-15-8-12-6-4-3-5-7-12;16-5-8(6-17)3-13-4-9-1-2-10-11(9)14-7-15-12(10)18;1-8(2)11-4-7(5-12-8)6-13-14(3,9)10;10-7-5-2-1-3-6(5)8-4-9-7;8-6-7-4-2-1-3-5-7/h6,10-11H,3-5,7-9H2,1-2H3,(H,17,18,19);3-7,13,15H,8-11H2,1-2H3;1,7-8,13,16-17H,2-6H2,(H,14,15,18);7H,4-6H2,1-3H3;1,3-4H,2H2,(H,8,9,10);1-5H,6,8H2. The zero-order valence-corrected chi connectivity index (χ0v) is 52.7. The van der Waals surface area contributed by atoms with E-state index in [2.05, 4.69) is 75.1 Å². The van der Waals surface area contributed by atoms with E-state index in [4.69, 9.17) is 44.4 Å². The van der Waals surface area contributed by atoms with Crippen molar-refractivity contribution in [1.29, 1.82) is 0 Å². The lowest BCUT2D eigenvalue weighted by atomic mass is 9.99. The molecule has 11 rings (SSSR count). The minimum atomic E-state index is -3.36. The number of aliphatic hydroxyl groups is 2. The van der Waals surface area contributed by atoms with Crippen LogP contribution in [0.4, 0.5) is 0 Å². The molecule has 0 bridgehead atoms. The largest absolute Gasteiger partial charge is 0.396 e. The van der Waals surface area contributed by atoms with Crippen molar-refractivity contribution < 1.29 is 51.2 Å². The summed E-state index contributed by atoms with van der Waals surface area (Å²) in [5.74, 6) is -0.666. The van der Waals surface area contributed by atoms with Gasteiger partial charge in [-0.3, -0.25) is 18.6 Å². The summed E-state index contributed by atoms with van der Waals surface area (Å²) in [6.45, 7) is 19.1. The first-order valence-corrected chi connectivity index (χ1v) is 31.7. The zero-order valence-electron chi connectivity index (χ0n) is 51.9. The van der Waals surface area contributed by atoms with Crippen molar-refractivity contribution in [2.24, 2.45) is 29.4 Å². The van der Waals surface area contributed by atoms with E-state index in [0.29, 0.717) is 63.1 Å². The number of nitrogens with one attached hydrogen (secondary N) is 5. The Morgan fingerprint density at radius 3 is 1.60 bits per heavy atom. The fourth-order valence-corrected chi connectivity index (χ4v) is 9.91. The predicted molar refractivity (Wildman–Crippen MR) is 337 cm³/mol. The number of benzene rings is 2. The second-order valence-electron chi connectivity index (χ2n) is 23.4. The molecule has 0 unspecified atom stereocenters. The number of aromatic amines is 3. The summed E-state index contributed by atoms with van der Waals surface area (Å²) < 4.78 is 59.3. The number of H-pyrrole nitrogens is 3. The van der Waals surface area contributed by atoms with Gasteiger partial charge in [0.2, 0.25) is 0 Å². The molecule has 3 aliphatic carbocycles. The summed E-state index contributed by atoms with van der Waals surface area (Å²) in [6.07, 6.45) is 18.4. The minimum Gasteiger partial charge on any atom is -0.396 e. The number of nitrogens with two attached hydrogens (primary N) is 1. The molecule has 0 saturated carbocycles. The van der Waals surface area contributed by atoms with Crippen molar-refractivity contribution >= 4 is 27.3 Å². The van der Waals surface area contributed by atoms with Crippen LogP contribution in [-0.2, 0) is 75.1 Å². The number of hydrogen-bond acceptors (Lipinski definition) is 20. The molecule has 0 amide bonds. The van der Waals surface area contributed by atoms with Crippen LogP contribution < -0.4 is 33.0 Å². The summed E-state index contributed by atoms with van der Waals surface area (Å²) in [4.78, 5) is 54.4. The van der Waals surface area contributed by atoms with E-state index in [9.17, 15) is 22.8 Å². The lowest BCUT2D eigenvalue weighted by Crippen LogP contribution is -2.42. The average Bonchev–Trinajstić information content (AvgIpc) is 4.37. The molecule has 23 nitrogen and oxygen atoms in total. The second-order valence-corrected chi connectivity index (χ2v) is 25.0. The summed E-state index contributed by atoms with van der Waals surface area (Å²) >= 11 is 0. The number of aliphatic hydroxyl groups excluding tert-OH is 2. The van der Waals surface area contributed by atoms with Crippen LogP contribution >= 0.6 is 0 Å². The van der Waals surface area contributed by atoms with Crippen molar-refractivity contribution in [3.8, 4) is 0 Å². The van der Waals surface area contributed by atoms with Gasteiger partial charge in [0.1, 0.15) is 0 Å². The van der Waals surface area contributed by atoms with E-state index in [0.717, 1.165) is 105 Å². The lowest BCUT2D eigenvalue weighted by Gasteiger charge is -2.35. The fourth-order valence-electron chi connectivity index (χ4n) is 9.47. The Kier molecular flexibility index (Phi) is 28.4. The maximum atomic E-state index is 11.7. The molecule has 88 heavy (non-hydrogen) atoms. The molecule has 3 aliphatic heterocycles. The molecule has 9 N–H and O–H groups in total. The number of fused-ring (bicyclic) bond motifs is 3. The summed E-state index contributed by atoms with van der Waals surface area (Å²) in [5.41, 5.74) is 14.7. The molecule has 3 saturated heterocycles. The topological polar surface area (TPSA) is 327 Å². The third-order valence-electron chi connectivity index (χ3n) is 14.7. The Bertz CT molecular complexity index is 3280. The molecule has 6 aliphatic rings. The highest BCUT2D eigenvalue weighted by Crippen LogP contribution is 2.30. The summed E-state index contributed by atoms with van der Waals surface area (Å²) in [6, 6.07) is 20.4. The van der Waals surface area contributed by atoms with Gasteiger partial charge in [-0.05, 0) is 108 Å². The van der Waals surface area contributed by atoms with Gasteiger partial charge >= 0.3 is 0 Å². The minimum absolute atomic E-state index is 0.0115. The summed E-state index contributed by atoms with van der Waals surface area (Å²) in [5, 5.41) is 24.5. The van der Waals surface area contributed by atoms with Crippen molar-refractivity contribution in [3.63, 3.8) is 0 Å². The molecule has 6 heterocycles. The lowest BCUT2D eigenvalue weighted by molar-refractivity contribution is -0.264. The van der Waals surface area contributed by atoms with Crippen molar-refractivity contribution in [2.75, 3.05) is 85.4 Å². The van der Waals surface area contributed by atoms with Crippen LogP contribution in [0.15, 0.2) is 112 Å². The van der Waals surface area contributed by atoms with Crippen molar-refractivity contribution in [1.82, 2.24) is 40.5 Å². The van der Waals surface area contributed by atoms with Crippen LogP contribution in [0.25, 0.3) is 17.2 Å².